The average molecular weight is 534 g/mol. The van der Waals surface area contributed by atoms with Gasteiger partial charge in [-0.1, -0.05) is 0 Å². The molecule has 0 atom stereocenters. The van der Waals surface area contributed by atoms with E-state index in [0.29, 0.717) is 31.7 Å². The molecular formula is C24H23F5N8O. The highest BCUT2D eigenvalue weighted by molar-refractivity contribution is 5.96. The maximum absolute atomic E-state index is 15.1. The summed E-state index contributed by atoms with van der Waals surface area (Å²) in [7, 11) is 0. The summed E-state index contributed by atoms with van der Waals surface area (Å²) < 4.78 is 71.1. The van der Waals surface area contributed by atoms with Crippen molar-refractivity contribution >= 4 is 23.1 Å². The molecule has 0 saturated carbocycles. The van der Waals surface area contributed by atoms with E-state index in [9.17, 15) is 22.4 Å². The Hall–Kier alpha value is -4.07. The number of amides is 1. The van der Waals surface area contributed by atoms with Crippen molar-refractivity contribution in [2.45, 2.75) is 19.6 Å². The summed E-state index contributed by atoms with van der Waals surface area (Å²) >= 11 is 0. The van der Waals surface area contributed by atoms with Crippen molar-refractivity contribution < 1.29 is 26.7 Å². The summed E-state index contributed by atoms with van der Waals surface area (Å²) in [6.07, 6.45) is 0.359. The van der Waals surface area contributed by atoms with Gasteiger partial charge in [-0.15, -0.1) is 0 Å². The molecule has 1 amide bonds. The lowest BCUT2D eigenvalue weighted by Crippen LogP contribution is -2.46. The second-order valence-corrected chi connectivity index (χ2v) is 8.77. The number of piperazine rings is 1. The number of alkyl halides is 4. The molecule has 1 aliphatic rings. The first-order valence-corrected chi connectivity index (χ1v) is 11.8. The molecule has 0 unspecified atom stereocenters. The van der Waals surface area contributed by atoms with Gasteiger partial charge in [-0.3, -0.25) is 13.9 Å². The molecule has 200 valence electrons. The highest BCUT2D eigenvalue weighted by atomic mass is 19.4. The van der Waals surface area contributed by atoms with E-state index in [-0.39, 0.29) is 46.4 Å². The molecule has 9 nitrogen and oxygen atoms in total. The van der Waals surface area contributed by atoms with Gasteiger partial charge >= 0.3 is 6.18 Å². The van der Waals surface area contributed by atoms with Gasteiger partial charge in [-0.2, -0.15) is 18.3 Å². The van der Waals surface area contributed by atoms with Crippen LogP contribution in [0.25, 0.3) is 16.9 Å². The first-order valence-electron chi connectivity index (χ1n) is 11.8. The number of nitrogens with zero attached hydrogens (tertiary/aromatic N) is 6. The molecule has 0 spiro atoms. The molecule has 1 aliphatic heterocycles. The standard InChI is InChI=1S/C24H23F5N8O/c1-14-10-15(11-17(26)19(14)23(38)35-7-3-30-4-8-35)33-21-22-32-12-18(37(22)9-5-31-21)16-13-36(6-2-25)34-20(16)24(27,28)29/h5,9-13,30H,2-4,6-8H2,1H3,(H,31,33). The number of carbonyl (C=O) groups is 1. The number of fused-ring (bicyclic) bond motifs is 1. The lowest BCUT2D eigenvalue weighted by molar-refractivity contribution is -0.141. The molecule has 3 aromatic heterocycles. The Labute approximate surface area is 213 Å². The van der Waals surface area contributed by atoms with Crippen molar-refractivity contribution in [1.29, 1.82) is 0 Å². The van der Waals surface area contributed by atoms with Crippen molar-refractivity contribution in [1.82, 2.24) is 34.4 Å². The van der Waals surface area contributed by atoms with E-state index >= 15 is 4.39 Å². The fourth-order valence-electron chi connectivity index (χ4n) is 4.48. The Morgan fingerprint density at radius 3 is 2.63 bits per heavy atom. The van der Waals surface area contributed by atoms with Gasteiger partial charge in [0.1, 0.15) is 12.5 Å². The summed E-state index contributed by atoms with van der Waals surface area (Å²) in [6, 6.07) is 2.76. The van der Waals surface area contributed by atoms with Crippen LogP contribution < -0.4 is 10.6 Å². The third-order valence-electron chi connectivity index (χ3n) is 6.22. The fraction of sp³-hybridized carbons (Fsp3) is 0.333. The second kappa shape index (κ2) is 10.0. The fourth-order valence-corrected chi connectivity index (χ4v) is 4.48. The van der Waals surface area contributed by atoms with E-state index in [4.69, 9.17) is 0 Å². The number of benzene rings is 1. The maximum atomic E-state index is 15.1. The number of nitrogens with one attached hydrogen (secondary N) is 2. The number of imidazole rings is 1. The first-order chi connectivity index (χ1) is 18.2. The molecule has 0 bridgehead atoms. The van der Waals surface area contributed by atoms with Gasteiger partial charge in [0.2, 0.25) is 0 Å². The Balaban J connectivity index is 1.48. The quantitative estimate of drug-likeness (QED) is 0.366. The number of hydrogen-bond acceptors (Lipinski definition) is 6. The minimum Gasteiger partial charge on any atom is -0.337 e. The zero-order chi connectivity index (χ0) is 27.0. The van der Waals surface area contributed by atoms with Gasteiger partial charge < -0.3 is 15.5 Å². The Kier molecular flexibility index (Phi) is 6.73. The third-order valence-corrected chi connectivity index (χ3v) is 6.22. The molecular weight excluding hydrogens is 511 g/mol. The van der Waals surface area contributed by atoms with E-state index in [1.54, 1.807) is 17.9 Å². The molecule has 14 heteroatoms. The summed E-state index contributed by atoms with van der Waals surface area (Å²) in [5.41, 5.74) is -0.502. The van der Waals surface area contributed by atoms with Gasteiger partial charge in [0.05, 0.1) is 29.6 Å². The number of halogens is 5. The van der Waals surface area contributed by atoms with Crippen LogP contribution in [0.15, 0.2) is 36.9 Å². The Morgan fingerprint density at radius 2 is 1.95 bits per heavy atom. The normalized spacial score (nSPS) is 14.3. The van der Waals surface area contributed by atoms with Crippen molar-refractivity contribution in [2.24, 2.45) is 0 Å². The average Bonchev–Trinajstić information content (AvgIpc) is 3.49. The highest BCUT2D eigenvalue weighted by Gasteiger charge is 2.38. The topological polar surface area (TPSA) is 92.4 Å². The van der Waals surface area contributed by atoms with Crippen molar-refractivity contribution in [3.63, 3.8) is 0 Å². The number of aromatic nitrogens is 5. The van der Waals surface area contributed by atoms with Crippen LogP contribution in [-0.2, 0) is 12.7 Å². The molecule has 2 N–H and O–H groups in total. The highest BCUT2D eigenvalue weighted by Crippen LogP contribution is 2.37. The summed E-state index contributed by atoms with van der Waals surface area (Å²) in [4.78, 5) is 22.9. The lowest BCUT2D eigenvalue weighted by Gasteiger charge is -2.28. The monoisotopic (exact) mass is 534 g/mol. The molecule has 1 aromatic carbocycles. The van der Waals surface area contributed by atoms with Crippen LogP contribution in [0.2, 0.25) is 0 Å². The number of rotatable bonds is 6. The lowest BCUT2D eigenvalue weighted by atomic mass is 10.1. The molecule has 0 aliphatic carbocycles. The van der Waals surface area contributed by atoms with Gasteiger partial charge in [-0.05, 0) is 24.6 Å². The van der Waals surface area contributed by atoms with Crippen LogP contribution in [0.1, 0.15) is 21.6 Å². The summed E-state index contributed by atoms with van der Waals surface area (Å²) in [5, 5.41) is 9.59. The SMILES string of the molecule is Cc1cc(Nc2nccn3c(-c4cn(CCF)nc4C(F)(F)F)cnc23)cc(F)c1C(=O)N1CCNCC1. The number of aryl methyl sites for hydroxylation is 2. The molecule has 0 radical (unpaired) electrons. The molecule has 1 fully saturated rings. The van der Waals surface area contributed by atoms with E-state index < -0.39 is 24.4 Å². The third kappa shape index (κ3) is 4.78. The van der Waals surface area contributed by atoms with Gasteiger partial charge in [0.25, 0.3) is 5.91 Å². The van der Waals surface area contributed by atoms with Crippen LogP contribution in [-0.4, -0.2) is 67.8 Å². The van der Waals surface area contributed by atoms with Gasteiger partial charge in [-0.25, -0.2) is 18.7 Å². The molecule has 5 rings (SSSR count). The number of hydrogen-bond donors (Lipinski definition) is 2. The van der Waals surface area contributed by atoms with Crippen molar-refractivity contribution in [2.75, 3.05) is 38.2 Å². The van der Waals surface area contributed by atoms with Crippen LogP contribution in [0.4, 0.5) is 33.5 Å². The van der Waals surface area contributed by atoms with Gasteiger partial charge in [0, 0.05) is 50.5 Å². The van der Waals surface area contributed by atoms with E-state index in [0.717, 1.165) is 10.9 Å². The smallest absolute Gasteiger partial charge is 0.337 e. The van der Waals surface area contributed by atoms with E-state index in [1.165, 1.54) is 29.1 Å². The van der Waals surface area contributed by atoms with Crippen molar-refractivity contribution in [3.05, 3.63) is 59.6 Å². The Morgan fingerprint density at radius 1 is 1.18 bits per heavy atom. The Bertz CT molecular complexity index is 1470. The summed E-state index contributed by atoms with van der Waals surface area (Å²) in [5.74, 6) is -0.939. The minimum atomic E-state index is -4.77. The molecule has 4 aromatic rings. The van der Waals surface area contributed by atoms with Crippen LogP contribution >= 0.6 is 0 Å². The first kappa shape index (κ1) is 25.6. The molecule has 38 heavy (non-hydrogen) atoms. The maximum Gasteiger partial charge on any atom is 0.435 e. The van der Waals surface area contributed by atoms with E-state index in [1.807, 2.05) is 0 Å². The minimum absolute atomic E-state index is 0.0170. The number of anilines is 2. The second-order valence-electron chi connectivity index (χ2n) is 8.77. The number of carbonyl (C=O) groups excluding carboxylic acids is 1. The zero-order valence-electron chi connectivity index (χ0n) is 20.2. The molecule has 4 heterocycles. The van der Waals surface area contributed by atoms with Gasteiger partial charge in [0.15, 0.2) is 17.2 Å². The summed E-state index contributed by atoms with van der Waals surface area (Å²) in [6.45, 7) is 2.65. The molecule has 1 saturated heterocycles. The van der Waals surface area contributed by atoms with E-state index in [2.05, 4.69) is 25.7 Å². The predicted octanol–water partition coefficient (Wildman–Crippen LogP) is 3.82. The zero-order valence-corrected chi connectivity index (χ0v) is 20.2. The van der Waals surface area contributed by atoms with Crippen LogP contribution in [0, 0.1) is 12.7 Å². The van der Waals surface area contributed by atoms with Crippen LogP contribution in [0.3, 0.4) is 0 Å². The predicted molar refractivity (Wildman–Crippen MR) is 128 cm³/mol. The largest absolute Gasteiger partial charge is 0.435 e. The van der Waals surface area contributed by atoms with Crippen molar-refractivity contribution in [3.8, 4) is 11.3 Å². The van der Waals surface area contributed by atoms with Crippen LogP contribution in [0.5, 0.6) is 0 Å².